The van der Waals surface area contributed by atoms with Crippen LogP contribution in [0.1, 0.15) is 37.5 Å². The molecule has 0 aliphatic heterocycles. The van der Waals surface area contributed by atoms with E-state index < -0.39 is 0 Å². The second-order valence-corrected chi connectivity index (χ2v) is 5.86. The number of rotatable bonds is 5. The lowest BCUT2D eigenvalue weighted by molar-refractivity contribution is -0.124. The fourth-order valence-electron chi connectivity index (χ4n) is 2.52. The van der Waals surface area contributed by atoms with Crippen molar-refractivity contribution >= 4 is 17.5 Å². The number of benzene rings is 1. The first-order valence-electron chi connectivity index (χ1n) is 7.37. The Labute approximate surface area is 127 Å². The van der Waals surface area contributed by atoms with Crippen LogP contribution in [0.4, 0.5) is 5.69 Å². The van der Waals surface area contributed by atoms with Crippen molar-refractivity contribution in [1.82, 2.24) is 5.32 Å². The van der Waals surface area contributed by atoms with Crippen molar-refractivity contribution in [3.63, 3.8) is 0 Å². The number of hydrogen-bond donors (Lipinski definition) is 1. The van der Waals surface area contributed by atoms with E-state index in [4.69, 9.17) is 0 Å². The van der Waals surface area contributed by atoms with E-state index in [0.717, 1.165) is 16.8 Å². The first-order chi connectivity index (χ1) is 9.73. The van der Waals surface area contributed by atoms with Gasteiger partial charge in [-0.05, 0) is 31.9 Å². The van der Waals surface area contributed by atoms with Gasteiger partial charge in [0.2, 0.25) is 11.8 Å². The van der Waals surface area contributed by atoms with Gasteiger partial charge in [0.15, 0.2) is 0 Å². The molecule has 116 valence electrons. The van der Waals surface area contributed by atoms with E-state index in [1.807, 2.05) is 34.6 Å². The lowest BCUT2D eigenvalue weighted by atomic mass is 10.0. The van der Waals surface area contributed by atoms with Crippen molar-refractivity contribution in [1.29, 1.82) is 0 Å². The van der Waals surface area contributed by atoms with Crippen molar-refractivity contribution in [2.75, 3.05) is 18.0 Å². The lowest BCUT2D eigenvalue weighted by Gasteiger charge is -2.26. The Morgan fingerprint density at radius 3 is 2.10 bits per heavy atom. The summed E-state index contributed by atoms with van der Waals surface area (Å²) in [6, 6.07) is 4.15. The van der Waals surface area contributed by atoms with Crippen LogP contribution in [-0.4, -0.2) is 24.9 Å². The summed E-state index contributed by atoms with van der Waals surface area (Å²) in [4.78, 5) is 25.3. The number of nitrogens with zero attached hydrogens (tertiary/aromatic N) is 1. The molecule has 0 aromatic heterocycles. The maximum atomic E-state index is 12.0. The number of carbonyl (C=O) groups excluding carboxylic acids is 2. The molecular weight excluding hydrogens is 264 g/mol. The van der Waals surface area contributed by atoms with Crippen molar-refractivity contribution in [3.05, 3.63) is 28.8 Å². The lowest BCUT2D eigenvalue weighted by Crippen LogP contribution is -2.39. The van der Waals surface area contributed by atoms with E-state index in [2.05, 4.69) is 17.4 Å². The highest BCUT2D eigenvalue weighted by atomic mass is 16.2. The standard InChI is InChI=1S/C17H26N2O2/c1-11(2)17(21)18-7-8-19(15(6)20)16-13(4)9-12(3)10-14(16)5/h9-11H,7-8H2,1-6H3,(H,18,21). The molecule has 0 aliphatic carbocycles. The van der Waals surface area contributed by atoms with Crippen molar-refractivity contribution in [2.24, 2.45) is 5.92 Å². The zero-order valence-corrected chi connectivity index (χ0v) is 13.9. The summed E-state index contributed by atoms with van der Waals surface area (Å²) in [5.41, 5.74) is 4.30. The number of hydrogen-bond acceptors (Lipinski definition) is 2. The van der Waals surface area contributed by atoms with Gasteiger partial charge in [0.25, 0.3) is 0 Å². The molecule has 1 N–H and O–H groups in total. The van der Waals surface area contributed by atoms with Gasteiger partial charge in [-0.2, -0.15) is 0 Å². The fraction of sp³-hybridized carbons (Fsp3) is 0.529. The summed E-state index contributed by atoms with van der Waals surface area (Å²) in [6.45, 7) is 12.3. The summed E-state index contributed by atoms with van der Waals surface area (Å²) in [5.74, 6) is -0.0432. The summed E-state index contributed by atoms with van der Waals surface area (Å²) < 4.78 is 0. The predicted molar refractivity (Wildman–Crippen MR) is 86.5 cm³/mol. The second kappa shape index (κ2) is 7.25. The third-order valence-corrected chi connectivity index (χ3v) is 3.44. The van der Waals surface area contributed by atoms with Gasteiger partial charge >= 0.3 is 0 Å². The van der Waals surface area contributed by atoms with Gasteiger partial charge in [-0.15, -0.1) is 0 Å². The summed E-state index contributed by atoms with van der Waals surface area (Å²) in [7, 11) is 0. The first kappa shape index (κ1) is 17.2. The Hall–Kier alpha value is -1.84. The normalized spacial score (nSPS) is 10.6. The van der Waals surface area contributed by atoms with Crippen LogP contribution in [0.25, 0.3) is 0 Å². The summed E-state index contributed by atoms with van der Waals surface area (Å²) >= 11 is 0. The Kier molecular flexibility index (Phi) is 5.94. The minimum Gasteiger partial charge on any atom is -0.354 e. The van der Waals surface area contributed by atoms with Gasteiger partial charge in [0.05, 0.1) is 0 Å². The third-order valence-electron chi connectivity index (χ3n) is 3.44. The molecule has 0 saturated heterocycles. The van der Waals surface area contributed by atoms with E-state index >= 15 is 0 Å². The summed E-state index contributed by atoms with van der Waals surface area (Å²) in [5, 5.41) is 2.85. The van der Waals surface area contributed by atoms with Crippen molar-refractivity contribution in [3.8, 4) is 0 Å². The molecule has 0 aliphatic rings. The SMILES string of the molecule is CC(=O)N(CCNC(=O)C(C)C)c1c(C)cc(C)cc1C. The number of amides is 2. The topological polar surface area (TPSA) is 49.4 Å². The van der Waals surface area contributed by atoms with E-state index in [1.165, 1.54) is 5.56 Å². The molecule has 0 heterocycles. The monoisotopic (exact) mass is 290 g/mol. The highest BCUT2D eigenvalue weighted by Crippen LogP contribution is 2.26. The molecule has 21 heavy (non-hydrogen) atoms. The van der Waals surface area contributed by atoms with Crippen LogP contribution in [-0.2, 0) is 9.59 Å². The van der Waals surface area contributed by atoms with Crippen molar-refractivity contribution < 1.29 is 9.59 Å². The number of anilines is 1. The van der Waals surface area contributed by atoms with Gasteiger partial charge in [0.1, 0.15) is 0 Å². The van der Waals surface area contributed by atoms with Crippen LogP contribution in [0.3, 0.4) is 0 Å². The van der Waals surface area contributed by atoms with E-state index in [-0.39, 0.29) is 17.7 Å². The maximum Gasteiger partial charge on any atom is 0.223 e. The minimum atomic E-state index is -0.0429. The molecule has 0 unspecified atom stereocenters. The maximum absolute atomic E-state index is 12.0. The zero-order valence-electron chi connectivity index (χ0n) is 13.9. The molecule has 0 fully saturated rings. The van der Waals surface area contributed by atoms with E-state index in [9.17, 15) is 9.59 Å². The molecule has 0 bridgehead atoms. The van der Waals surface area contributed by atoms with Crippen LogP contribution in [0.15, 0.2) is 12.1 Å². The van der Waals surface area contributed by atoms with Crippen LogP contribution in [0.5, 0.6) is 0 Å². The molecule has 1 rings (SSSR count). The Morgan fingerprint density at radius 1 is 1.14 bits per heavy atom. The van der Waals surface area contributed by atoms with Gasteiger partial charge in [-0.3, -0.25) is 9.59 Å². The van der Waals surface area contributed by atoms with Crippen molar-refractivity contribution in [2.45, 2.75) is 41.5 Å². The second-order valence-electron chi connectivity index (χ2n) is 5.86. The molecule has 0 atom stereocenters. The average molecular weight is 290 g/mol. The number of nitrogens with one attached hydrogen (secondary N) is 1. The van der Waals surface area contributed by atoms with E-state index in [0.29, 0.717) is 13.1 Å². The Balaban J connectivity index is 2.89. The smallest absolute Gasteiger partial charge is 0.223 e. The van der Waals surface area contributed by atoms with Crippen LogP contribution >= 0.6 is 0 Å². The molecule has 0 saturated carbocycles. The van der Waals surface area contributed by atoms with Gasteiger partial charge in [0, 0.05) is 31.6 Å². The van der Waals surface area contributed by atoms with Gasteiger partial charge < -0.3 is 10.2 Å². The molecule has 2 amide bonds. The van der Waals surface area contributed by atoms with Crippen LogP contribution in [0, 0.1) is 26.7 Å². The Bertz CT molecular complexity index is 513. The molecule has 1 aromatic rings. The van der Waals surface area contributed by atoms with Crippen LogP contribution in [0.2, 0.25) is 0 Å². The molecular formula is C17H26N2O2. The quantitative estimate of drug-likeness (QED) is 0.906. The average Bonchev–Trinajstić information content (AvgIpc) is 2.34. The molecule has 0 radical (unpaired) electrons. The molecule has 4 nitrogen and oxygen atoms in total. The predicted octanol–water partition coefficient (Wildman–Crippen LogP) is 2.74. The van der Waals surface area contributed by atoms with Gasteiger partial charge in [-0.1, -0.05) is 31.5 Å². The Morgan fingerprint density at radius 2 is 1.67 bits per heavy atom. The highest BCUT2D eigenvalue weighted by Gasteiger charge is 2.17. The number of carbonyl (C=O) groups is 2. The third kappa shape index (κ3) is 4.59. The van der Waals surface area contributed by atoms with Gasteiger partial charge in [-0.25, -0.2) is 0 Å². The number of aryl methyl sites for hydroxylation is 3. The molecule has 4 heteroatoms. The van der Waals surface area contributed by atoms with E-state index in [1.54, 1.807) is 11.8 Å². The minimum absolute atomic E-state index is 0.0100. The fourth-order valence-corrected chi connectivity index (χ4v) is 2.52. The molecule has 0 spiro atoms. The highest BCUT2D eigenvalue weighted by molar-refractivity contribution is 5.93. The zero-order chi connectivity index (χ0) is 16.2. The summed E-state index contributed by atoms with van der Waals surface area (Å²) in [6.07, 6.45) is 0. The molecule has 1 aromatic carbocycles. The first-order valence-corrected chi connectivity index (χ1v) is 7.37. The van der Waals surface area contributed by atoms with Crippen LogP contribution < -0.4 is 10.2 Å². The largest absolute Gasteiger partial charge is 0.354 e.